The highest BCUT2D eigenvalue weighted by Gasteiger charge is 2.40. The molecule has 30 heavy (non-hydrogen) atoms. The van der Waals surface area contributed by atoms with Gasteiger partial charge in [-0.05, 0) is 58.1 Å². The van der Waals surface area contributed by atoms with Crippen LogP contribution >= 0.6 is 0 Å². The summed E-state index contributed by atoms with van der Waals surface area (Å²) in [6.07, 6.45) is -1.28. The summed E-state index contributed by atoms with van der Waals surface area (Å²) < 4.78 is 5.93. The molecule has 1 aliphatic carbocycles. The van der Waals surface area contributed by atoms with Crippen molar-refractivity contribution in [2.75, 3.05) is 14.1 Å². The van der Waals surface area contributed by atoms with Crippen LogP contribution in [0.3, 0.4) is 0 Å². The number of fused-ring (bicyclic) bond motifs is 2. The topological polar surface area (TPSA) is 107 Å². The monoisotopic (exact) mass is 411 g/mol. The van der Waals surface area contributed by atoms with E-state index in [1.165, 1.54) is 12.1 Å². The summed E-state index contributed by atoms with van der Waals surface area (Å²) in [6.45, 7) is 3.42. The molecule has 0 saturated carbocycles. The first-order valence-electron chi connectivity index (χ1n) is 9.90. The van der Waals surface area contributed by atoms with Gasteiger partial charge in [0.05, 0.1) is 23.9 Å². The number of rotatable bonds is 2. The maximum atomic E-state index is 13.2. The van der Waals surface area contributed by atoms with Gasteiger partial charge in [0.2, 0.25) is 0 Å². The highest BCUT2D eigenvalue weighted by Crippen LogP contribution is 2.43. The minimum absolute atomic E-state index is 0.0706. The van der Waals surface area contributed by atoms with Crippen molar-refractivity contribution in [2.24, 2.45) is 0 Å². The van der Waals surface area contributed by atoms with Gasteiger partial charge in [0.1, 0.15) is 11.5 Å². The molecule has 1 aliphatic heterocycles. The third kappa shape index (κ3) is 3.01. The molecule has 7 nitrogen and oxygen atoms in total. The molecule has 2 aliphatic rings. The fourth-order valence-corrected chi connectivity index (χ4v) is 4.59. The Kier molecular flexibility index (Phi) is 4.92. The summed E-state index contributed by atoms with van der Waals surface area (Å²) in [6, 6.07) is 5.67. The van der Waals surface area contributed by atoms with E-state index in [1.807, 2.05) is 19.0 Å². The minimum Gasteiger partial charge on any atom is -0.508 e. The smallest absolute Gasteiger partial charge is 0.198 e. The molecule has 0 spiro atoms. The molecule has 3 N–H and O–H groups in total. The fourth-order valence-electron chi connectivity index (χ4n) is 4.59. The normalized spacial score (nSPS) is 25.9. The standard InChI is InChI=1S/C23H25NO6/c1-10-7-12(25)8-15-18(10)22(28)14-6-5-13(21(27)19(14)23(15)29)17-9-16(24(3)4)20(26)11(2)30-17/h5-8,11,16-17,20,25-27H,9H2,1-4H3. The van der Waals surface area contributed by atoms with Gasteiger partial charge in [-0.2, -0.15) is 0 Å². The van der Waals surface area contributed by atoms with E-state index in [0.717, 1.165) is 0 Å². The van der Waals surface area contributed by atoms with Gasteiger partial charge in [-0.25, -0.2) is 0 Å². The molecule has 0 radical (unpaired) electrons. The molecular formula is C23H25NO6. The summed E-state index contributed by atoms with van der Waals surface area (Å²) >= 11 is 0. The van der Waals surface area contributed by atoms with Gasteiger partial charge in [-0.3, -0.25) is 9.59 Å². The number of aliphatic hydroxyl groups excluding tert-OH is 1. The van der Waals surface area contributed by atoms with Crippen LogP contribution in [0.2, 0.25) is 0 Å². The maximum Gasteiger partial charge on any atom is 0.198 e. The summed E-state index contributed by atoms with van der Waals surface area (Å²) in [7, 11) is 3.73. The Bertz CT molecular complexity index is 1060. The van der Waals surface area contributed by atoms with E-state index >= 15 is 0 Å². The highest BCUT2D eigenvalue weighted by atomic mass is 16.5. The number of aromatic hydroxyl groups is 2. The van der Waals surface area contributed by atoms with Crippen molar-refractivity contribution in [1.82, 2.24) is 4.90 Å². The van der Waals surface area contributed by atoms with Gasteiger partial charge < -0.3 is 25.0 Å². The Labute approximate surface area is 174 Å². The highest BCUT2D eigenvalue weighted by molar-refractivity contribution is 6.30. The Morgan fingerprint density at radius 1 is 1.03 bits per heavy atom. The number of hydrogen-bond donors (Lipinski definition) is 3. The molecule has 4 rings (SSSR count). The van der Waals surface area contributed by atoms with Crippen molar-refractivity contribution in [2.45, 2.75) is 44.6 Å². The molecule has 1 heterocycles. The van der Waals surface area contributed by atoms with Gasteiger partial charge in [-0.1, -0.05) is 6.07 Å². The number of phenols is 2. The lowest BCUT2D eigenvalue weighted by Gasteiger charge is -2.41. The zero-order chi connectivity index (χ0) is 21.9. The number of aliphatic hydroxyl groups is 1. The van der Waals surface area contributed by atoms with E-state index in [0.29, 0.717) is 17.5 Å². The lowest BCUT2D eigenvalue weighted by molar-refractivity contribution is -0.142. The summed E-state index contributed by atoms with van der Waals surface area (Å²) in [5.74, 6) is -1.27. The van der Waals surface area contributed by atoms with Crippen molar-refractivity contribution >= 4 is 11.6 Å². The molecule has 7 heteroatoms. The summed E-state index contributed by atoms with van der Waals surface area (Å²) in [5, 5.41) is 31.4. The van der Waals surface area contributed by atoms with E-state index in [-0.39, 0.29) is 45.6 Å². The molecule has 0 bridgehead atoms. The van der Waals surface area contributed by atoms with Crippen LogP contribution in [0, 0.1) is 6.92 Å². The van der Waals surface area contributed by atoms with Crippen LogP contribution in [-0.4, -0.2) is 64.1 Å². The quantitative estimate of drug-likeness (QED) is 0.594. The number of carbonyl (C=O) groups is 2. The Morgan fingerprint density at radius 2 is 1.70 bits per heavy atom. The fraction of sp³-hybridized carbons (Fsp3) is 0.391. The van der Waals surface area contributed by atoms with Crippen molar-refractivity contribution in [3.8, 4) is 11.5 Å². The predicted octanol–water partition coefficient (Wildman–Crippen LogP) is 2.32. The number of nitrogens with zero attached hydrogens (tertiary/aromatic N) is 1. The number of ether oxygens (including phenoxy) is 1. The van der Waals surface area contributed by atoms with Crippen molar-refractivity contribution in [1.29, 1.82) is 0 Å². The molecule has 2 aromatic rings. The number of benzene rings is 2. The lowest BCUT2D eigenvalue weighted by atomic mass is 9.79. The Balaban J connectivity index is 1.81. The molecule has 158 valence electrons. The van der Waals surface area contributed by atoms with E-state index in [2.05, 4.69) is 0 Å². The first-order valence-corrected chi connectivity index (χ1v) is 9.90. The van der Waals surface area contributed by atoms with Gasteiger partial charge in [0, 0.05) is 28.3 Å². The minimum atomic E-state index is -0.683. The Hall–Kier alpha value is -2.74. The largest absolute Gasteiger partial charge is 0.508 e. The first-order chi connectivity index (χ1) is 14.1. The van der Waals surface area contributed by atoms with E-state index in [1.54, 1.807) is 26.0 Å². The first kappa shape index (κ1) is 20.5. The average molecular weight is 411 g/mol. The molecule has 1 saturated heterocycles. The third-order valence-corrected chi connectivity index (χ3v) is 6.19. The van der Waals surface area contributed by atoms with Crippen LogP contribution in [0.5, 0.6) is 11.5 Å². The van der Waals surface area contributed by atoms with E-state index < -0.39 is 24.1 Å². The second-order valence-corrected chi connectivity index (χ2v) is 8.36. The lowest BCUT2D eigenvalue weighted by Crippen LogP contribution is -2.50. The van der Waals surface area contributed by atoms with Crippen LogP contribution in [0.15, 0.2) is 24.3 Å². The van der Waals surface area contributed by atoms with Gasteiger partial charge >= 0.3 is 0 Å². The molecule has 4 unspecified atom stereocenters. The van der Waals surface area contributed by atoms with Gasteiger partial charge in [0.25, 0.3) is 0 Å². The van der Waals surface area contributed by atoms with Gasteiger partial charge in [-0.15, -0.1) is 0 Å². The zero-order valence-electron chi connectivity index (χ0n) is 17.3. The zero-order valence-corrected chi connectivity index (χ0v) is 17.3. The van der Waals surface area contributed by atoms with Crippen LogP contribution in [-0.2, 0) is 4.74 Å². The predicted molar refractivity (Wildman–Crippen MR) is 109 cm³/mol. The van der Waals surface area contributed by atoms with Crippen molar-refractivity contribution in [3.05, 3.63) is 57.6 Å². The van der Waals surface area contributed by atoms with Crippen LogP contribution in [0.25, 0.3) is 0 Å². The van der Waals surface area contributed by atoms with Crippen molar-refractivity contribution in [3.63, 3.8) is 0 Å². The van der Waals surface area contributed by atoms with E-state index in [4.69, 9.17) is 4.74 Å². The second kappa shape index (κ2) is 7.19. The van der Waals surface area contributed by atoms with Crippen LogP contribution in [0.1, 0.15) is 62.4 Å². The van der Waals surface area contributed by atoms with E-state index in [9.17, 15) is 24.9 Å². The molecule has 4 atom stereocenters. The molecule has 0 aromatic heterocycles. The number of likely N-dealkylation sites (N-methyl/N-ethyl adjacent to an activating group) is 1. The third-order valence-electron chi connectivity index (χ3n) is 6.19. The number of carbonyl (C=O) groups excluding carboxylic acids is 2. The molecular weight excluding hydrogens is 386 g/mol. The number of ketones is 2. The SMILES string of the molecule is Cc1cc(O)cc2c1C(=O)c1ccc(C3CC(N(C)C)C(O)C(C)O3)c(O)c1C2=O. The second-order valence-electron chi connectivity index (χ2n) is 8.36. The van der Waals surface area contributed by atoms with Crippen LogP contribution in [0.4, 0.5) is 0 Å². The van der Waals surface area contributed by atoms with Crippen molar-refractivity contribution < 1.29 is 29.6 Å². The number of phenolic OH excluding ortho intramolecular Hbond substituents is 2. The molecule has 1 fully saturated rings. The Morgan fingerprint density at radius 3 is 2.37 bits per heavy atom. The average Bonchev–Trinajstić information content (AvgIpc) is 2.67. The number of aryl methyl sites for hydroxylation is 1. The van der Waals surface area contributed by atoms with Crippen LogP contribution < -0.4 is 0 Å². The molecule has 0 amide bonds. The number of hydrogen-bond acceptors (Lipinski definition) is 7. The maximum absolute atomic E-state index is 13.2. The summed E-state index contributed by atoms with van der Waals surface area (Å²) in [4.78, 5) is 28.1. The summed E-state index contributed by atoms with van der Waals surface area (Å²) in [5.41, 5.74) is 1.30. The van der Waals surface area contributed by atoms with Gasteiger partial charge in [0.15, 0.2) is 11.6 Å². The molecule has 2 aromatic carbocycles.